The molecule has 0 bridgehead atoms. The highest BCUT2D eigenvalue weighted by Gasteiger charge is 2.49. The van der Waals surface area contributed by atoms with E-state index in [1.807, 2.05) is 103 Å². The Balaban J connectivity index is 1.34. The first-order valence-corrected chi connectivity index (χ1v) is 12.0. The molecule has 4 aromatic rings. The number of nitrogens with one attached hydrogen (secondary N) is 2. The molecule has 1 aliphatic rings. The van der Waals surface area contributed by atoms with Crippen molar-refractivity contribution in [2.75, 3.05) is 6.54 Å². The van der Waals surface area contributed by atoms with Gasteiger partial charge < -0.3 is 10.6 Å². The van der Waals surface area contributed by atoms with Gasteiger partial charge >= 0.3 is 6.03 Å². The van der Waals surface area contributed by atoms with Gasteiger partial charge in [0, 0.05) is 0 Å². The fourth-order valence-electron chi connectivity index (χ4n) is 4.71. The van der Waals surface area contributed by atoms with Gasteiger partial charge in [0.05, 0.1) is 6.04 Å². The number of rotatable bonds is 7. The molecule has 0 unspecified atom stereocenters. The van der Waals surface area contributed by atoms with Gasteiger partial charge in [0.15, 0.2) is 0 Å². The minimum atomic E-state index is -1.25. The molecular formula is C30H27N3O3. The number of carbonyl (C=O) groups excluding carboxylic acids is 3. The zero-order valence-corrected chi connectivity index (χ0v) is 20.0. The summed E-state index contributed by atoms with van der Waals surface area (Å²) in [5.74, 6) is -0.844. The molecule has 4 amide bonds. The molecule has 36 heavy (non-hydrogen) atoms. The summed E-state index contributed by atoms with van der Waals surface area (Å²) >= 11 is 0. The fraction of sp³-hybridized carbons (Fsp3) is 0.167. The van der Waals surface area contributed by atoms with Crippen molar-refractivity contribution in [1.82, 2.24) is 15.5 Å². The monoisotopic (exact) mass is 477 g/mol. The lowest BCUT2D eigenvalue weighted by molar-refractivity contribution is -0.135. The molecule has 1 aliphatic heterocycles. The second kappa shape index (κ2) is 9.66. The van der Waals surface area contributed by atoms with Crippen LogP contribution in [0, 0.1) is 0 Å². The Kier molecular flexibility index (Phi) is 6.25. The topological polar surface area (TPSA) is 78.5 Å². The van der Waals surface area contributed by atoms with Crippen molar-refractivity contribution in [2.45, 2.75) is 24.9 Å². The quantitative estimate of drug-likeness (QED) is 0.379. The van der Waals surface area contributed by atoms with Crippen LogP contribution in [0.25, 0.3) is 10.8 Å². The lowest BCUT2D eigenvalue weighted by Gasteiger charge is -2.23. The summed E-state index contributed by atoms with van der Waals surface area (Å²) in [5, 5.41) is 7.84. The van der Waals surface area contributed by atoms with E-state index in [4.69, 9.17) is 0 Å². The highest BCUT2D eigenvalue weighted by atomic mass is 16.2. The van der Waals surface area contributed by atoms with Gasteiger partial charge in [-0.25, -0.2) is 4.79 Å². The molecule has 5 rings (SSSR count). The number of urea groups is 1. The van der Waals surface area contributed by atoms with Crippen LogP contribution >= 0.6 is 0 Å². The number of carbonyl (C=O) groups is 3. The van der Waals surface area contributed by atoms with Crippen LogP contribution in [-0.2, 0) is 21.5 Å². The average molecular weight is 478 g/mol. The molecule has 2 N–H and O–H groups in total. The molecule has 0 aromatic heterocycles. The van der Waals surface area contributed by atoms with Crippen LogP contribution in [0.5, 0.6) is 0 Å². The largest absolute Gasteiger partial charge is 0.347 e. The normalized spacial score (nSPS) is 18.2. The number of nitrogens with zero attached hydrogens (tertiary/aromatic N) is 1. The Morgan fingerprint density at radius 1 is 0.861 bits per heavy atom. The zero-order valence-electron chi connectivity index (χ0n) is 20.0. The van der Waals surface area contributed by atoms with E-state index in [1.165, 1.54) is 0 Å². The van der Waals surface area contributed by atoms with Gasteiger partial charge in [-0.1, -0.05) is 97.1 Å². The summed E-state index contributed by atoms with van der Waals surface area (Å²) in [6.45, 7) is 1.32. The van der Waals surface area contributed by atoms with Crippen LogP contribution in [0.4, 0.5) is 4.79 Å². The average Bonchev–Trinajstić information content (AvgIpc) is 3.12. The van der Waals surface area contributed by atoms with Crippen LogP contribution in [0.1, 0.15) is 29.7 Å². The lowest BCUT2D eigenvalue weighted by atomic mass is 9.90. The number of hydrogen-bond donors (Lipinski definition) is 2. The van der Waals surface area contributed by atoms with Crippen molar-refractivity contribution in [2.24, 2.45) is 0 Å². The molecule has 1 heterocycles. The van der Waals surface area contributed by atoms with Gasteiger partial charge in [0.25, 0.3) is 5.91 Å². The van der Waals surface area contributed by atoms with Gasteiger partial charge in [0.2, 0.25) is 5.91 Å². The molecule has 2 atom stereocenters. The zero-order chi connectivity index (χ0) is 25.1. The first kappa shape index (κ1) is 23.3. The molecule has 1 saturated heterocycles. The predicted molar refractivity (Wildman–Crippen MR) is 139 cm³/mol. The third-order valence-corrected chi connectivity index (χ3v) is 6.72. The number of fused-ring (bicyclic) bond motifs is 1. The maximum atomic E-state index is 13.4. The fourth-order valence-corrected chi connectivity index (χ4v) is 4.71. The van der Waals surface area contributed by atoms with Crippen LogP contribution in [0.15, 0.2) is 103 Å². The van der Waals surface area contributed by atoms with Crippen molar-refractivity contribution in [3.63, 3.8) is 0 Å². The predicted octanol–water partition coefficient (Wildman–Crippen LogP) is 4.71. The minimum absolute atomic E-state index is 0.297. The molecule has 0 radical (unpaired) electrons. The number of hydrogen-bond acceptors (Lipinski definition) is 3. The minimum Gasteiger partial charge on any atom is -0.347 e. The summed E-state index contributed by atoms with van der Waals surface area (Å²) in [4.78, 5) is 40.3. The maximum absolute atomic E-state index is 13.4. The second-order valence-corrected chi connectivity index (χ2v) is 9.23. The summed E-state index contributed by atoms with van der Waals surface area (Å²) < 4.78 is 0. The van der Waals surface area contributed by atoms with Gasteiger partial charge in [0.1, 0.15) is 12.1 Å². The molecule has 0 spiro atoms. The molecule has 0 saturated carbocycles. The Morgan fingerprint density at radius 2 is 1.50 bits per heavy atom. The standard InChI is InChI=1S/C30H27N3O3/c1-30(25-17-16-22-12-8-9-15-24(22)19-25)28(35)33(29(36)32-30)20-27(34)31-26(23-13-6-3-7-14-23)18-21-10-4-2-5-11-21/h2-17,19,26H,18,20H2,1H3,(H,31,34)(H,32,36)/t26-,30-/m1/s1. The maximum Gasteiger partial charge on any atom is 0.325 e. The summed E-state index contributed by atoms with van der Waals surface area (Å²) in [7, 11) is 0. The molecule has 1 fully saturated rings. The van der Waals surface area contributed by atoms with Crippen molar-refractivity contribution < 1.29 is 14.4 Å². The number of amides is 4. The van der Waals surface area contributed by atoms with E-state index in [1.54, 1.807) is 6.92 Å². The van der Waals surface area contributed by atoms with Crippen molar-refractivity contribution in [3.8, 4) is 0 Å². The van der Waals surface area contributed by atoms with Gasteiger partial charge in [-0.15, -0.1) is 0 Å². The SMILES string of the molecule is C[C@]1(c2ccc3ccccc3c2)NC(=O)N(CC(=O)N[C@H](Cc2ccccc2)c2ccccc2)C1=O. The van der Waals surface area contributed by atoms with Gasteiger partial charge in [-0.2, -0.15) is 0 Å². The first-order chi connectivity index (χ1) is 17.4. The Bertz CT molecular complexity index is 1420. The molecule has 0 aliphatic carbocycles. The first-order valence-electron chi connectivity index (χ1n) is 12.0. The van der Waals surface area contributed by atoms with Crippen LogP contribution in [-0.4, -0.2) is 29.3 Å². The van der Waals surface area contributed by atoms with E-state index < -0.39 is 23.4 Å². The highest BCUT2D eigenvalue weighted by Crippen LogP contribution is 2.31. The van der Waals surface area contributed by atoms with E-state index in [0.29, 0.717) is 12.0 Å². The van der Waals surface area contributed by atoms with Crippen molar-refractivity contribution in [3.05, 3.63) is 120 Å². The van der Waals surface area contributed by atoms with Crippen LogP contribution in [0.2, 0.25) is 0 Å². The van der Waals surface area contributed by atoms with E-state index >= 15 is 0 Å². The van der Waals surface area contributed by atoms with E-state index in [9.17, 15) is 14.4 Å². The molecule has 180 valence electrons. The Morgan fingerprint density at radius 3 is 2.22 bits per heavy atom. The molecule has 6 nitrogen and oxygen atoms in total. The van der Waals surface area contributed by atoms with Gasteiger partial charge in [-0.3, -0.25) is 14.5 Å². The van der Waals surface area contributed by atoms with Gasteiger partial charge in [-0.05, 0) is 46.9 Å². The summed E-state index contributed by atoms with van der Waals surface area (Å²) in [5.41, 5.74) is 1.46. The molecular weight excluding hydrogens is 450 g/mol. The third-order valence-electron chi connectivity index (χ3n) is 6.72. The highest BCUT2D eigenvalue weighted by molar-refractivity contribution is 6.09. The van der Waals surface area contributed by atoms with Crippen molar-refractivity contribution >= 4 is 28.6 Å². The molecule has 4 aromatic carbocycles. The second-order valence-electron chi connectivity index (χ2n) is 9.23. The van der Waals surface area contributed by atoms with Crippen LogP contribution in [0.3, 0.4) is 0 Å². The van der Waals surface area contributed by atoms with E-state index in [2.05, 4.69) is 10.6 Å². The lowest BCUT2D eigenvalue weighted by Crippen LogP contribution is -2.44. The summed E-state index contributed by atoms with van der Waals surface area (Å²) in [6.07, 6.45) is 0.589. The van der Waals surface area contributed by atoms with E-state index in [-0.39, 0.29) is 12.6 Å². The Hall–Kier alpha value is -4.45. The number of imide groups is 1. The Labute approximate surface area is 209 Å². The number of benzene rings is 4. The van der Waals surface area contributed by atoms with Crippen molar-refractivity contribution in [1.29, 1.82) is 0 Å². The molecule has 6 heteroatoms. The van der Waals surface area contributed by atoms with E-state index in [0.717, 1.165) is 26.8 Å². The van der Waals surface area contributed by atoms with Crippen LogP contribution < -0.4 is 10.6 Å². The third kappa shape index (κ3) is 4.58. The smallest absolute Gasteiger partial charge is 0.325 e. The summed E-state index contributed by atoms with van der Waals surface area (Å²) in [6, 6.07) is 32.2.